The summed E-state index contributed by atoms with van der Waals surface area (Å²) in [7, 11) is 0. The molecule has 0 radical (unpaired) electrons. The topological polar surface area (TPSA) is 52.7 Å². The zero-order valence-electron chi connectivity index (χ0n) is 22.4. The molecule has 0 N–H and O–H groups in total. The number of rotatable bonds is 10. The van der Waals surface area contributed by atoms with E-state index in [0.29, 0.717) is 5.41 Å². The molecule has 35 heavy (non-hydrogen) atoms. The van der Waals surface area contributed by atoms with Gasteiger partial charge in [0.2, 0.25) is 0 Å². The summed E-state index contributed by atoms with van der Waals surface area (Å²) < 4.78 is 0. The molecule has 0 aliphatic heterocycles. The molecule has 0 fully saturated rings. The Bertz CT molecular complexity index is 1080. The average Bonchev–Trinajstić information content (AvgIpc) is 2.85. The van der Waals surface area contributed by atoms with Gasteiger partial charge in [0.1, 0.15) is 0 Å². The Balaban J connectivity index is 1.66. The highest BCUT2D eigenvalue weighted by molar-refractivity contribution is 5.56. The molecule has 2 aromatic carbocycles. The van der Waals surface area contributed by atoms with E-state index in [2.05, 4.69) is 97.3 Å². The third kappa shape index (κ3) is 8.27. The fraction of sp³-hybridized carbons (Fsp3) is 0.467. The van der Waals surface area contributed by atoms with E-state index in [1.54, 1.807) is 0 Å². The number of allylic oxidation sites excluding steroid dienone is 3. The number of hydrogen-bond donors (Lipinski definition) is 0. The van der Waals surface area contributed by atoms with Gasteiger partial charge in [0.15, 0.2) is 0 Å². The molecule has 0 saturated carbocycles. The van der Waals surface area contributed by atoms with Gasteiger partial charge >= 0.3 is 0 Å². The first-order chi connectivity index (χ1) is 16.8. The smallest absolute Gasteiger partial charge is 0.0890 e. The second-order valence-electron chi connectivity index (χ2n) is 10.4. The molecule has 3 rings (SSSR count). The molecule has 0 saturated heterocycles. The predicted molar refractivity (Wildman–Crippen MR) is 149 cm³/mol. The minimum Gasteiger partial charge on any atom is -0.372 e. The van der Waals surface area contributed by atoms with Crippen LogP contribution in [0.15, 0.2) is 86.3 Å². The lowest BCUT2D eigenvalue weighted by molar-refractivity contribution is 0.366. The second-order valence-corrected chi connectivity index (χ2v) is 10.4. The zero-order valence-corrected chi connectivity index (χ0v) is 22.4. The van der Waals surface area contributed by atoms with Crippen LogP contribution in [-0.4, -0.2) is 13.1 Å². The van der Waals surface area contributed by atoms with Crippen molar-refractivity contribution in [2.75, 3.05) is 18.0 Å². The van der Waals surface area contributed by atoms with Crippen LogP contribution in [0.3, 0.4) is 0 Å². The summed E-state index contributed by atoms with van der Waals surface area (Å²) in [5, 5.41) is 17.9. The summed E-state index contributed by atoms with van der Waals surface area (Å²) in [5.41, 5.74) is 7.57. The molecule has 2 aromatic rings. The van der Waals surface area contributed by atoms with E-state index in [9.17, 15) is 0 Å². The summed E-state index contributed by atoms with van der Waals surface area (Å²) in [6.45, 7) is 15.4. The first-order valence-electron chi connectivity index (χ1n) is 13.0. The van der Waals surface area contributed by atoms with E-state index in [-0.39, 0.29) is 0 Å². The van der Waals surface area contributed by atoms with Crippen LogP contribution in [0.25, 0.3) is 0 Å². The van der Waals surface area contributed by atoms with Crippen molar-refractivity contribution in [3.63, 3.8) is 0 Å². The molecule has 0 atom stereocenters. The maximum absolute atomic E-state index is 4.54. The zero-order chi connectivity index (χ0) is 25.3. The van der Waals surface area contributed by atoms with E-state index >= 15 is 0 Å². The van der Waals surface area contributed by atoms with Crippen molar-refractivity contribution in [2.45, 2.75) is 73.6 Å². The van der Waals surface area contributed by atoms with Crippen molar-refractivity contribution in [2.24, 2.45) is 25.9 Å². The van der Waals surface area contributed by atoms with Crippen LogP contribution in [0.1, 0.15) is 72.8 Å². The summed E-state index contributed by atoms with van der Waals surface area (Å²) in [4.78, 5) is 2.43. The molecule has 5 heteroatoms. The molecule has 0 bridgehead atoms. The summed E-state index contributed by atoms with van der Waals surface area (Å²) in [6, 6.07) is 14.4. The lowest BCUT2D eigenvalue weighted by atomic mass is 9.90. The molecule has 0 heterocycles. The van der Waals surface area contributed by atoms with Crippen molar-refractivity contribution in [1.82, 2.24) is 0 Å². The molecule has 0 spiro atoms. The standard InChI is InChI=1S/C30H41N5/c1-7-24-22-26(32-33-28-13-10-9-12-23(28)3)16-19-29(24)34-31-25-14-17-27(18-15-25)35(8-2)21-11-20-30(4,5)6/h10,13-19,22H,7-9,11-12,20-21H2,1-6H3. The highest BCUT2D eigenvalue weighted by Crippen LogP contribution is 2.29. The first-order valence-corrected chi connectivity index (χ1v) is 13.0. The first kappa shape index (κ1) is 26.5. The number of azo groups is 2. The fourth-order valence-electron chi connectivity index (χ4n) is 4.12. The van der Waals surface area contributed by atoms with Crippen molar-refractivity contribution in [3.8, 4) is 0 Å². The van der Waals surface area contributed by atoms with Gasteiger partial charge in [0.25, 0.3) is 0 Å². The Morgan fingerprint density at radius 1 is 0.886 bits per heavy atom. The number of benzene rings is 2. The Kier molecular flexibility index (Phi) is 9.53. The van der Waals surface area contributed by atoms with E-state index in [1.807, 2.05) is 24.3 Å². The lowest BCUT2D eigenvalue weighted by Gasteiger charge is -2.25. The largest absolute Gasteiger partial charge is 0.372 e. The molecule has 1 aliphatic rings. The number of anilines is 1. The van der Waals surface area contributed by atoms with Crippen LogP contribution < -0.4 is 4.90 Å². The van der Waals surface area contributed by atoms with Gasteiger partial charge < -0.3 is 4.90 Å². The maximum atomic E-state index is 4.54. The molecule has 5 nitrogen and oxygen atoms in total. The van der Waals surface area contributed by atoms with Crippen LogP contribution in [0.5, 0.6) is 0 Å². The van der Waals surface area contributed by atoms with Crippen LogP contribution in [0, 0.1) is 5.41 Å². The van der Waals surface area contributed by atoms with Crippen LogP contribution in [0.4, 0.5) is 22.7 Å². The highest BCUT2D eigenvalue weighted by Gasteiger charge is 2.11. The van der Waals surface area contributed by atoms with Crippen molar-refractivity contribution >= 4 is 22.7 Å². The normalized spacial score (nSPS) is 14.5. The second kappa shape index (κ2) is 12.6. The van der Waals surface area contributed by atoms with E-state index in [1.165, 1.54) is 24.1 Å². The van der Waals surface area contributed by atoms with Crippen LogP contribution in [0.2, 0.25) is 0 Å². The third-order valence-electron chi connectivity index (χ3n) is 6.34. The third-order valence-corrected chi connectivity index (χ3v) is 6.34. The number of nitrogens with zero attached hydrogens (tertiary/aromatic N) is 5. The summed E-state index contributed by atoms with van der Waals surface area (Å²) in [6.07, 6.45) is 9.63. The minimum absolute atomic E-state index is 0.380. The van der Waals surface area contributed by atoms with Gasteiger partial charge in [-0.15, -0.1) is 0 Å². The Morgan fingerprint density at radius 3 is 2.26 bits per heavy atom. The monoisotopic (exact) mass is 471 g/mol. The number of aryl methyl sites for hydroxylation is 1. The van der Waals surface area contributed by atoms with E-state index in [4.69, 9.17) is 0 Å². The molecule has 0 amide bonds. The summed E-state index contributed by atoms with van der Waals surface area (Å²) >= 11 is 0. The Morgan fingerprint density at radius 2 is 1.60 bits per heavy atom. The molecule has 0 aromatic heterocycles. The maximum Gasteiger partial charge on any atom is 0.0890 e. The van der Waals surface area contributed by atoms with Gasteiger partial charge in [-0.2, -0.15) is 20.5 Å². The quantitative estimate of drug-likeness (QED) is 0.318. The molecular weight excluding hydrogens is 430 g/mol. The number of hydrogen-bond acceptors (Lipinski definition) is 5. The average molecular weight is 472 g/mol. The van der Waals surface area contributed by atoms with Crippen molar-refractivity contribution < 1.29 is 0 Å². The molecule has 1 aliphatic carbocycles. The van der Waals surface area contributed by atoms with Gasteiger partial charge in [-0.25, -0.2) is 0 Å². The van der Waals surface area contributed by atoms with Gasteiger partial charge in [0, 0.05) is 18.8 Å². The van der Waals surface area contributed by atoms with Gasteiger partial charge in [-0.3, -0.25) is 0 Å². The minimum atomic E-state index is 0.380. The predicted octanol–water partition coefficient (Wildman–Crippen LogP) is 10.0. The van der Waals surface area contributed by atoms with Gasteiger partial charge in [-0.05, 0) is 111 Å². The SMILES string of the molecule is CCc1cc(N=NC2=C(C)CCC=C2)ccc1N=Nc1ccc(N(CC)CCCC(C)(C)C)cc1. The molecule has 186 valence electrons. The molecular formula is C30H41N5. The van der Waals surface area contributed by atoms with Gasteiger partial charge in [-0.1, -0.05) is 33.8 Å². The van der Waals surface area contributed by atoms with Crippen molar-refractivity contribution in [3.05, 3.63) is 71.5 Å². The van der Waals surface area contributed by atoms with Crippen molar-refractivity contribution in [1.29, 1.82) is 0 Å². The lowest BCUT2D eigenvalue weighted by Crippen LogP contribution is -2.24. The highest BCUT2D eigenvalue weighted by atomic mass is 15.1. The Labute approximate surface area is 211 Å². The fourth-order valence-corrected chi connectivity index (χ4v) is 4.12. The Hall–Kier alpha value is -3.08. The van der Waals surface area contributed by atoms with Crippen LogP contribution >= 0.6 is 0 Å². The molecule has 0 unspecified atom stereocenters. The summed E-state index contributed by atoms with van der Waals surface area (Å²) in [5.74, 6) is 0. The van der Waals surface area contributed by atoms with E-state index in [0.717, 1.165) is 60.7 Å². The van der Waals surface area contributed by atoms with E-state index < -0.39 is 0 Å². The van der Waals surface area contributed by atoms with Crippen LogP contribution in [-0.2, 0) is 6.42 Å². The van der Waals surface area contributed by atoms with Gasteiger partial charge in [0.05, 0.1) is 22.8 Å².